The fourth-order valence-corrected chi connectivity index (χ4v) is 3.34. The Morgan fingerprint density at radius 2 is 1.96 bits per heavy atom. The zero-order valence-corrected chi connectivity index (χ0v) is 14.0. The van der Waals surface area contributed by atoms with Crippen molar-refractivity contribution < 1.29 is 13.8 Å². The van der Waals surface area contributed by atoms with Crippen molar-refractivity contribution in [3.05, 3.63) is 30.5 Å². The van der Waals surface area contributed by atoms with Crippen molar-refractivity contribution in [3.8, 4) is 0 Å². The number of carbonyl (C=O) groups is 2. The first-order chi connectivity index (χ1) is 11.7. The molecule has 124 valence electrons. The van der Waals surface area contributed by atoms with Crippen LogP contribution in [0.3, 0.4) is 0 Å². The number of pyridine rings is 1. The van der Waals surface area contributed by atoms with E-state index in [-0.39, 0.29) is 23.7 Å². The van der Waals surface area contributed by atoms with Gasteiger partial charge in [0.25, 0.3) is 0 Å². The predicted molar refractivity (Wildman–Crippen MR) is 92.4 cm³/mol. The third-order valence-corrected chi connectivity index (χ3v) is 5.35. The second kappa shape index (κ2) is 6.43. The topological polar surface area (TPSA) is 68.3 Å². The Morgan fingerprint density at radius 1 is 1.12 bits per heavy atom. The first-order valence-electron chi connectivity index (χ1n) is 8.29. The van der Waals surface area contributed by atoms with Gasteiger partial charge in [0.1, 0.15) is 0 Å². The van der Waals surface area contributed by atoms with Crippen LogP contribution in [-0.2, 0) is 13.8 Å². The lowest BCUT2D eigenvalue weighted by atomic mass is 9.86. The Labute approximate surface area is 144 Å². The fraction of sp³-hybridized carbons (Fsp3) is 0.389. The highest BCUT2D eigenvalue weighted by atomic mass is 32.2. The lowest BCUT2D eigenvalue weighted by molar-refractivity contribution is -0.140. The quantitative estimate of drug-likeness (QED) is 0.834. The number of amides is 1. The minimum absolute atomic E-state index is 0.0546. The number of anilines is 1. The van der Waals surface area contributed by atoms with Gasteiger partial charge in [0, 0.05) is 23.2 Å². The van der Waals surface area contributed by atoms with Crippen molar-refractivity contribution >= 4 is 40.5 Å². The van der Waals surface area contributed by atoms with Crippen LogP contribution >= 0.6 is 12.0 Å². The van der Waals surface area contributed by atoms with Gasteiger partial charge in [-0.2, -0.15) is 0 Å². The molecule has 2 aliphatic rings. The van der Waals surface area contributed by atoms with E-state index in [1.165, 1.54) is 0 Å². The van der Waals surface area contributed by atoms with Crippen LogP contribution in [0.4, 0.5) is 5.69 Å². The zero-order valence-electron chi connectivity index (χ0n) is 13.2. The third kappa shape index (κ3) is 3.24. The van der Waals surface area contributed by atoms with Crippen molar-refractivity contribution in [2.75, 3.05) is 5.32 Å². The molecule has 0 bridgehead atoms. The molecule has 6 heteroatoms. The molecule has 1 N–H and O–H groups in total. The SMILES string of the molecule is O=C(Nc1ccc2nccc(SOC(=O)C3CCC3)c2c1)C1CC1. The number of rotatable bonds is 5. The van der Waals surface area contributed by atoms with E-state index in [2.05, 4.69) is 10.3 Å². The number of hydrogen-bond donors (Lipinski definition) is 1. The molecule has 0 radical (unpaired) electrons. The van der Waals surface area contributed by atoms with Gasteiger partial charge in [0.05, 0.1) is 28.4 Å². The van der Waals surface area contributed by atoms with Crippen LogP contribution in [0, 0.1) is 11.8 Å². The summed E-state index contributed by atoms with van der Waals surface area (Å²) in [4.78, 5) is 29.0. The molecule has 0 unspecified atom stereocenters. The zero-order chi connectivity index (χ0) is 16.5. The number of aromatic nitrogens is 1. The Hall–Kier alpha value is -2.08. The molecule has 5 nitrogen and oxygen atoms in total. The normalized spacial score (nSPS) is 17.3. The molecule has 0 atom stereocenters. The van der Waals surface area contributed by atoms with Crippen LogP contribution in [0.15, 0.2) is 35.4 Å². The maximum atomic E-state index is 11.9. The summed E-state index contributed by atoms with van der Waals surface area (Å²) in [6, 6.07) is 7.44. The number of benzene rings is 1. The van der Waals surface area contributed by atoms with Gasteiger partial charge in [0.2, 0.25) is 5.91 Å². The number of carbonyl (C=O) groups excluding carboxylic acids is 2. The number of nitrogens with zero attached hydrogens (tertiary/aromatic N) is 1. The molecule has 24 heavy (non-hydrogen) atoms. The molecular formula is C18H18N2O3S. The van der Waals surface area contributed by atoms with E-state index < -0.39 is 0 Å². The second-order valence-corrected chi connectivity index (χ2v) is 7.19. The summed E-state index contributed by atoms with van der Waals surface area (Å²) in [7, 11) is 0. The van der Waals surface area contributed by atoms with Crippen molar-refractivity contribution in [2.24, 2.45) is 11.8 Å². The monoisotopic (exact) mass is 342 g/mol. The average Bonchev–Trinajstić information content (AvgIpc) is 3.36. The Morgan fingerprint density at radius 3 is 2.67 bits per heavy atom. The second-order valence-electron chi connectivity index (χ2n) is 6.42. The van der Waals surface area contributed by atoms with Gasteiger partial charge in [-0.15, -0.1) is 0 Å². The van der Waals surface area contributed by atoms with E-state index in [1.807, 2.05) is 24.3 Å². The van der Waals surface area contributed by atoms with Crippen molar-refractivity contribution in [1.82, 2.24) is 4.98 Å². The highest BCUT2D eigenvalue weighted by molar-refractivity contribution is 7.95. The molecule has 0 aliphatic heterocycles. The Bertz CT molecular complexity index is 800. The summed E-state index contributed by atoms with van der Waals surface area (Å²) in [6.07, 6.45) is 6.59. The molecule has 0 saturated heterocycles. The van der Waals surface area contributed by atoms with E-state index in [0.717, 1.165) is 65.6 Å². The van der Waals surface area contributed by atoms with E-state index in [4.69, 9.17) is 4.18 Å². The molecule has 2 saturated carbocycles. The van der Waals surface area contributed by atoms with Gasteiger partial charge in [0.15, 0.2) is 0 Å². The largest absolute Gasteiger partial charge is 0.386 e. The summed E-state index contributed by atoms with van der Waals surface area (Å²) >= 11 is 1.08. The molecule has 0 spiro atoms. The minimum Gasteiger partial charge on any atom is -0.386 e. The molecule has 2 aliphatic carbocycles. The van der Waals surface area contributed by atoms with Crippen LogP contribution in [0.1, 0.15) is 32.1 Å². The molecule has 2 fully saturated rings. The number of hydrogen-bond acceptors (Lipinski definition) is 5. The fourth-order valence-electron chi connectivity index (χ4n) is 2.66. The Kier molecular flexibility index (Phi) is 4.14. The van der Waals surface area contributed by atoms with Gasteiger partial charge >= 0.3 is 5.97 Å². The first-order valence-corrected chi connectivity index (χ1v) is 9.03. The predicted octanol–water partition coefficient (Wildman–Crippen LogP) is 3.93. The molecule has 1 aromatic carbocycles. The van der Waals surface area contributed by atoms with Gasteiger partial charge in [-0.25, -0.2) is 0 Å². The standard InChI is InChI=1S/C18H18N2O3S/c21-17(11-4-5-11)20-13-6-7-15-14(10-13)16(8-9-19-15)24-23-18(22)12-2-1-3-12/h6-12H,1-5H2,(H,20,21). The number of nitrogens with one attached hydrogen (secondary N) is 1. The average molecular weight is 342 g/mol. The van der Waals surface area contributed by atoms with Crippen molar-refractivity contribution in [2.45, 2.75) is 37.0 Å². The van der Waals surface area contributed by atoms with Crippen LogP contribution < -0.4 is 5.32 Å². The van der Waals surface area contributed by atoms with Crippen LogP contribution in [0.25, 0.3) is 10.9 Å². The highest BCUT2D eigenvalue weighted by Gasteiger charge is 2.29. The number of fused-ring (bicyclic) bond motifs is 1. The molecular weight excluding hydrogens is 324 g/mol. The van der Waals surface area contributed by atoms with E-state index in [1.54, 1.807) is 6.20 Å². The highest BCUT2D eigenvalue weighted by Crippen LogP contribution is 2.34. The van der Waals surface area contributed by atoms with E-state index >= 15 is 0 Å². The van der Waals surface area contributed by atoms with Crippen LogP contribution in [0.2, 0.25) is 0 Å². The summed E-state index contributed by atoms with van der Waals surface area (Å²) in [5.74, 6) is 0.143. The lowest BCUT2D eigenvalue weighted by Crippen LogP contribution is -2.22. The van der Waals surface area contributed by atoms with Crippen molar-refractivity contribution in [3.63, 3.8) is 0 Å². The summed E-state index contributed by atoms with van der Waals surface area (Å²) in [5, 5.41) is 3.81. The minimum atomic E-state index is -0.144. The molecule has 1 amide bonds. The van der Waals surface area contributed by atoms with Crippen LogP contribution in [-0.4, -0.2) is 16.9 Å². The van der Waals surface area contributed by atoms with Crippen LogP contribution in [0.5, 0.6) is 0 Å². The Balaban J connectivity index is 1.52. The summed E-state index contributed by atoms with van der Waals surface area (Å²) in [6.45, 7) is 0. The summed E-state index contributed by atoms with van der Waals surface area (Å²) in [5.41, 5.74) is 1.56. The molecule has 1 heterocycles. The van der Waals surface area contributed by atoms with Gasteiger partial charge < -0.3 is 9.50 Å². The smallest absolute Gasteiger partial charge is 0.321 e. The lowest BCUT2D eigenvalue weighted by Gasteiger charge is -2.22. The molecule has 4 rings (SSSR count). The summed E-state index contributed by atoms with van der Waals surface area (Å²) < 4.78 is 5.37. The third-order valence-electron chi connectivity index (χ3n) is 4.57. The maximum Gasteiger partial charge on any atom is 0.321 e. The van der Waals surface area contributed by atoms with Gasteiger partial charge in [-0.3, -0.25) is 14.6 Å². The maximum absolute atomic E-state index is 11.9. The van der Waals surface area contributed by atoms with Gasteiger partial charge in [-0.05, 0) is 49.9 Å². The van der Waals surface area contributed by atoms with Crippen molar-refractivity contribution in [1.29, 1.82) is 0 Å². The van der Waals surface area contributed by atoms with Gasteiger partial charge in [-0.1, -0.05) is 6.42 Å². The van der Waals surface area contributed by atoms with E-state index in [0.29, 0.717) is 0 Å². The first kappa shape index (κ1) is 15.4. The molecule has 2 aromatic rings. The van der Waals surface area contributed by atoms with E-state index in [9.17, 15) is 9.59 Å². The molecule has 1 aromatic heterocycles.